The summed E-state index contributed by atoms with van der Waals surface area (Å²) in [4.78, 5) is 14.5. The van der Waals surface area contributed by atoms with Gasteiger partial charge in [0.15, 0.2) is 0 Å². The number of hydrogen-bond donors (Lipinski definition) is 1. The zero-order valence-electron chi connectivity index (χ0n) is 12.0. The molecule has 1 atom stereocenters. The largest absolute Gasteiger partial charge is 0.338 e. The molecule has 1 saturated carbocycles. The maximum Gasteiger partial charge on any atom is 0.239 e. The summed E-state index contributed by atoms with van der Waals surface area (Å²) in [5, 5.41) is 3.16. The van der Waals surface area contributed by atoms with E-state index in [1.165, 1.54) is 38.5 Å². The summed E-state index contributed by atoms with van der Waals surface area (Å²) in [6, 6.07) is 0.605. The van der Waals surface area contributed by atoms with Gasteiger partial charge in [0.05, 0.1) is 6.04 Å². The van der Waals surface area contributed by atoms with Crippen molar-refractivity contribution in [2.24, 2.45) is 5.92 Å². The topological polar surface area (TPSA) is 32.3 Å². The van der Waals surface area contributed by atoms with Gasteiger partial charge in [0, 0.05) is 12.6 Å². The first-order valence-corrected chi connectivity index (χ1v) is 7.74. The number of hydrogen-bond acceptors (Lipinski definition) is 2. The Kier molecular flexibility index (Phi) is 5.04. The minimum absolute atomic E-state index is 0.0760. The Morgan fingerprint density at radius 3 is 2.56 bits per heavy atom. The van der Waals surface area contributed by atoms with E-state index in [0.717, 1.165) is 25.3 Å². The molecule has 1 saturated heterocycles. The van der Waals surface area contributed by atoms with Gasteiger partial charge in [0.2, 0.25) is 5.91 Å². The highest BCUT2D eigenvalue weighted by Crippen LogP contribution is 2.31. The number of amides is 1. The van der Waals surface area contributed by atoms with Gasteiger partial charge in [-0.15, -0.1) is 0 Å². The van der Waals surface area contributed by atoms with Crippen LogP contribution in [0, 0.1) is 5.92 Å². The normalized spacial score (nSPS) is 33.8. The van der Waals surface area contributed by atoms with E-state index in [4.69, 9.17) is 0 Å². The van der Waals surface area contributed by atoms with Crippen LogP contribution in [0.4, 0.5) is 0 Å². The van der Waals surface area contributed by atoms with Gasteiger partial charge in [-0.1, -0.05) is 19.8 Å². The highest BCUT2D eigenvalue weighted by Gasteiger charge is 2.34. The molecule has 1 N–H and O–H groups in total. The number of likely N-dealkylation sites (N-methyl/N-ethyl adjacent to an activating group) is 1. The number of rotatable bonds is 4. The molecule has 2 fully saturated rings. The van der Waals surface area contributed by atoms with E-state index in [1.807, 2.05) is 7.05 Å². The van der Waals surface area contributed by atoms with Crippen molar-refractivity contribution in [1.82, 2.24) is 10.2 Å². The van der Waals surface area contributed by atoms with E-state index in [0.29, 0.717) is 11.9 Å². The molecule has 3 heteroatoms. The Hall–Kier alpha value is -0.570. The van der Waals surface area contributed by atoms with Crippen LogP contribution in [0.5, 0.6) is 0 Å². The molecule has 1 heterocycles. The lowest BCUT2D eigenvalue weighted by molar-refractivity contribution is -0.139. The van der Waals surface area contributed by atoms with E-state index >= 15 is 0 Å². The van der Waals surface area contributed by atoms with Gasteiger partial charge in [-0.3, -0.25) is 4.79 Å². The highest BCUT2D eigenvalue weighted by atomic mass is 16.2. The smallest absolute Gasteiger partial charge is 0.239 e. The second kappa shape index (κ2) is 6.55. The fraction of sp³-hybridized carbons (Fsp3) is 0.933. The second-order valence-corrected chi connectivity index (χ2v) is 5.98. The molecule has 2 aliphatic rings. The average Bonchev–Trinajstić information content (AvgIpc) is 2.41. The van der Waals surface area contributed by atoms with Crippen LogP contribution in [0.15, 0.2) is 0 Å². The molecule has 104 valence electrons. The zero-order valence-corrected chi connectivity index (χ0v) is 12.0. The maximum absolute atomic E-state index is 12.3. The molecular weight excluding hydrogens is 224 g/mol. The van der Waals surface area contributed by atoms with Crippen LogP contribution in [-0.2, 0) is 4.79 Å². The summed E-state index contributed by atoms with van der Waals surface area (Å²) in [6.07, 6.45) is 9.96. The summed E-state index contributed by atoms with van der Waals surface area (Å²) in [7, 11) is 1.91. The summed E-state index contributed by atoms with van der Waals surface area (Å²) in [6.45, 7) is 3.26. The molecule has 2 rings (SSSR count). The standard InChI is InChI=1S/C15H28N2O/c1-3-5-12-7-9-13(10-8-12)17-11-4-6-14(16-2)15(17)18/h12-14,16H,3-11H2,1-2H3. The van der Waals surface area contributed by atoms with Gasteiger partial charge in [-0.25, -0.2) is 0 Å². The number of nitrogens with zero attached hydrogens (tertiary/aromatic N) is 1. The molecular formula is C15H28N2O. The van der Waals surface area contributed by atoms with E-state index in [2.05, 4.69) is 17.1 Å². The number of carbonyl (C=O) groups is 1. The maximum atomic E-state index is 12.3. The quantitative estimate of drug-likeness (QED) is 0.834. The lowest BCUT2D eigenvalue weighted by atomic mass is 9.82. The predicted molar refractivity (Wildman–Crippen MR) is 74.4 cm³/mol. The molecule has 0 spiro atoms. The van der Waals surface area contributed by atoms with Crippen LogP contribution in [0.25, 0.3) is 0 Å². The van der Waals surface area contributed by atoms with Crippen molar-refractivity contribution in [1.29, 1.82) is 0 Å². The molecule has 18 heavy (non-hydrogen) atoms. The molecule has 1 aliphatic carbocycles. The van der Waals surface area contributed by atoms with E-state index in [-0.39, 0.29) is 6.04 Å². The van der Waals surface area contributed by atoms with Crippen LogP contribution in [0.1, 0.15) is 58.3 Å². The monoisotopic (exact) mass is 252 g/mol. The van der Waals surface area contributed by atoms with Crippen LogP contribution >= 0.6 is 0 Å². The van der Waals surface area contributed by atoms with Crippen molar-refractivity contribution in [2.45, 2.75) is 70.4 Å². The lowest BCUT2D eigenvalue weighted by Crippen LogP contribution is -2.54. The zero-order chi connectivity index (χ0) is 13.0. The fourth-order valence-corrected chi connectivity index (χ4v) is 3.68. The molecule has 3 nitrogen and oxygen atoms in total. The summed E-state index contributed by atoms with van der Waals surface area (Å²) in [5.41, 5.74) is 0. The molecule has 1 amide bonds. The van der Waals surface area contributed by atoms with Gasteiger partial charge in [-0.05, 0) is 51.5 Å². The third kappa shape index (κ3) is 3.05. The number of piperidine rings is 1. The Labute approximate surface area is 111 Å². The van der Waals surface area contributed by atoms with Crippen LogP contribution < -0.4 is 5.32 Å². The van der Waals surface area contributed by atoms with Crippen LogP contribution in [-0.4, -0.2) is 36.5 Å². The molecule has 0 aromatic heterocycles. The minimum Gasteiger partial charge on any atom is -0.338 e. The summed E-state index contributed by atoms with van der Waals surface area (Å²) < 4.78 is 0. The molecule has 0 aromatic rings. The van der Waals surface area contributed by atoms with Gasteiger partial charge in [-0.2, -0.15) is 0 Å². The molecule has 1 unspecified atom stereocenters. The highest BCUT2D eigenvalue weighted by molar-refractivity contribution is 5.82. The first kappa shape index (κ1) is 13.9. The van der Waals surface area contributed by atoms with Crippen molar-refractivity contribution in [3.63, 3.8) is 0 Å². The Bertz CT molecular complexity index is 272. The van der Waals surface area contributed by atoms with Gasteiger partial charge in [0.1, 0.15) is 0 Å². The van der Waals surface area contributed by atoms with E-state index < -0.39 is 0 Å². The summed E-state index contributed by atoms with van der Waals surface area (Å²) >= 11 is 0. The number of nitrogens with one attached hydrogen (secondary N) is 1. The second-order valence-electron chi connectivity index (χ2n) is 5.98. The molecule has 0 bridgehead atoms. The minimum atomic E-state index is 0.0760. The Morgan fingerprint density at radius 1 is 1.22 bits per heavy atom. The molecule has 1 aliphatic heterocycles. The Balaban J connectivity index is 1.86. The van der Waals surface area contributed by atoms with Gasteiger partial charge >= 0.3 is 0 Å². The first-order valence-electron chi connectivity index (χ1n) is 7.74. The van der Waals surface area contributed by atoms with Gasteiger partial charge < -0.3 is 10.2 Å². The summed E-state index contributed by atoms with van der Waals surface area (Å²) in [5.74, 6) is 1.27. The Morgan fingerprint density at radius 2 is 1.94 bits per heavy atom. The number of carbonyl (C=O) groups excluding carboxylic acids is 1. The lowest BCUT2D eigenvalue weighted by Gasteiger charge is -2.41. The molecule has 0 radical (unpaired) electrons. The van der Waals surface area contributed by atoms with Gasteiger partial charge in [0.25, 0.3) is 0 Å². The predicted octanol–water partition coefficient (Wildman–Crippen LogP) is 2.56. The SMILES string of the molecule is CCCC1CCC(N2CCCC(NC)C2=O)CC1. The third-order valence-electron chi connectivity index (χ3n) is 4.78. The third-order valence-corrected chi connectivity index (χ3v) is 4.78. The van der Waals surface area contributed by atoms with Crippen molar-refractivity contribution < 1.29 is 4.79 Å². The van der Waals surface area contributed by atoms with Crippen molar-refractivity contribution in [3.8, 4) is 0 Å². The molecule has 0 aromatic carbocycles. The van der Waals surface area contributed by atoms with Crippen molar-refractivity contribution in [3.05, 3.63) is 0 Å². The van der Waals surface area contributed by atoms with E-state index in [9.17, 15) is 4.79 Å². The van der Waals surface area contributed by atoms with Crippen molar-refractivity contribution in [2.75, 3.05) is 13.6 Å². The van der Waals surface area contributed by atoms with Crippen molar-refractivity contribution >= 4 is 5.91 Å². The first-order chi connectivity index (χ1) is 8.76. The van der Waals surface area contributed by atoms with E-state index in [1.54, 1.807) is 0 Å². The van der Waals surface area contributed by atoms with Crippen LogP contribution in [0.3, 0.4) is 0 Å². The average molecular weight is 252 g/mol. The fourth-order valence-electron chi connectivity index (χ4n) is 3.68. The number of likely N-dealkylation sites (tertiary alicyclic amines) is 1. The van der Waals surface area contributed by atoms with Crippen LogP contribution in [0.2, 0.25) is 0 Å².